The molecule has 0 aromatic heterocycles. The lowest BCUT2D eigenvalue weighted by Gasteiger charge is -2.20. The maximum Gasteiger partial charge on any atom is 0.247 e. The van der Waals surface area contributed by atoms with Crippen LogP contribution in [0.1, 0.15) is 5.56 Å². The van der Waals surface area contributed by atoms with Gasteiger partial charge < -0.3 is 26.6 Å². The predicted octanol–water partition coefficient (Wildman–Crippen LogP) is 1.53. The number of nitrogens with one attached hydrogen (secondary N) is 2. The molecule has 0 saturated carbocycles. The Morgan fingerprint density at radius 3 is 2.31 bits per heavy atom. The van der Waals surface area contributed by atoms with Gasteiger partial charge in [-0.05, 0) is 40.6 Å². The highest BCUT2D eigenvalue weighted by Crippen LogP contribution is 2.19. The van der Waals surface area contributed by atoms with Crippen molar-refractivity contribution in [1.82, 2.24) is 5.32 Å². The molecule has 0 aliphatic heterocycles. The van der Waals surface area contributed by atoms with E-state index in [0.29, 0.717) is 5.69 Å². The van der Waals surface area contributed by atoms with E-state index in [1.165, 1.54) is 12.1 Å². The largest absolute Gasteiger partial charge is 0.508 e. The second-order valence-electron chi connectivity index (χ2n) is 6.77. The Morgan fingerprint density at radius 1 is 0.931 bits per heavy atom. The first-order chi connectivity index (χ1) is 14.0. The van der Waals surface area contributed by atoms with E-state index in [9.17, 15) is 14.7 Å². The molecule has 3 aromatic rings. The standard InChI is InChI=1S/C22H23N3O4/c23-19(13-26)21(28)25-20(11-14-5-9-18(27)10-6-14)22(29)24-17-8-7-15-3-1-2-4-16(15)12-17/h1-10,12,19-20,26-27H,11,13,23H2,(H,24,29)(H,25,28)/t19-,20-/m1/s1. The van der Waals surface area contributed by atoms with Gasteiger partial charge in [0, 0.05) is 12.1 Å². The van der Waals surface area contributed by atoms with Crippen molar-refractivity contribution in [1.29, 1.82) is 0 Å². The van der Waals surface area contributed by atoms with Crippen LogP contribution in [0.2, 0.25) is 0 Å². The minimum atomic E-state index is -1.12. The highest BCUT2D eigenvalue weighted by atomic mass is 16.3. The first kappa shape index (κ1) is 20.3. The van der Waals surface area contributed by atoms with E-state index in [0.717, 1.165) is 16.3 Å². The van der Waals surface area contributed by atoms with Crippen molar-refractivity contribution < 1.29 is 19.8 Å². The Balaban J connectivity index is 1.79. The number of carbonyl (C=O) groups excluding carboxylic acids is 2. The summed E-state index contributed by atoms with van der Waals surface area (Å²) in [5, 5.41) is 26.0. The van der Waals surface area contributed by atoms with E-state index < -0.39 is 30.5 Å². The van der Waals surface area contributed by atoms with Gasteiger partial charge in [-0.2, -0.15) is 0 Å². The number of carbonyl (C=O) groups is 2. The van der Waals surface area contributed by atoms with Crippen molar-refractivity contribution in [3.8, 4) is 5.75 Å². The molecule has 6 N–H and O–H groups in total. The number of hydrogen-bond acceptors (Lipinski definition) is 5. The number of hydrogen-bond donors (Lipinski definition) is 5. The van der Waals surface area contributed by atoms with E-state index in [1.54, 1.807) is 18.2 Å². The molecule has 2 amide bonds. The van der Waals surface area contributed by atoms with Gasteiger partial charge in [0.25, 0.3) is 0 Å². The number of amides is 2. The minimum absolute atomic E-state index is 0.109. The molecule has 0 radical (unpaired) electrons. The molecule has 2 atom stereocenters. The summed E-state index contributed by atoms with van der Waals surface area (Å²) >= 11 is 0. The number of nitrogens with two attached hydrogens (primary N) is 1. The third kappa shape index (κ3) is 5.31. The minimum Gasteiger partial charge on any atom is -0.508 e. The number of benzene rings is 3. The molecule has 7 heteroatoms. The van der Waals surface area contributed by atoms with Gasteiger partial charge in [-0.1, -0.05) is 42.5 Å². The van der Waals surface area contributed by atoms with Gasteiger partial charge in [0.05, 0.1) is 6.61 Å². The molecule has 7 nitrogen and oxygen atoms in total. The van der Waals surface area contributed by atoms with Crippen LogP contribution in [-0.4, -0.2) is 40.7 Å². The van der Waals surface area contributed by atoms with Crippen LogP contribution in [0.5, 0.6) is 5.75 Å². The van der Waals surface area contributed by atoms with E-state index in [2.05, 4.69) is 10.6 Å². The van der Waals surface area contributed by atoms with Crippen molar-refractivity contribution in [3.63, 3.8) is 0 Å². The fourth-order valence-corrected chi connectivity index (χ4v) is 2.94. The van der Waals surface area contributed by atoms with Crippen LogP contribution < -0.4 is 16.4 Å². The summed E-state index contributed by atoms with van der Waals surface area (Å²) in [6, 6.07) is 17.7. The average Bonchev–Trinajstić information content (AvgIpc) is 2.74. The van der Waals surface area contributed by atoms with E-state index in [-0.39, 0.29) is 12.2 Å². The lowest BCUT2D eigenvalue weighted by atomic mass is 10.0. The predicted molar refractivity (Wildman–Crippen MR) is 111 cm³/mol. The maximum absolute atomic E-state index is 12.9. The molecule has 0 fully saturated rings. The number of phenols is 1. The third-order valence-corrected chi connectivity index (χ3v) is 4.56. The number of aromatic hydroxyl groups is 1. The molecular formula is C22H23N3O4. The monoisotopic (exact) mass is 393 g/mol. The summed E-state index contributed by atoms with van der Waals surface area (Å²) in [4.78, 5) is 25.0. The number of fused-ring (bicyclic) bond motifs is 1. The summed E-state index contributed by atoms with van der Waals surface area (Å²) in [5.74, 6) is -0.922. The zero-order valence-corrected chi connectivity index (χ0v) is 15.7. The molecule has 29 heavy (non-hydrogen) atoms. The molecule has 3 rings (SSSR count). The Kier molecular flexibility index (Phi) is 6.43. The van der Waals surface area contributed by atoms with E-state index in [4.69, 9.17) is 10.8 Å². The van der Waals surface area contributed by atoms with Crippen LogP contribution in [0.25, 0.3) is 10.8 Å². The van der Waals surface area contributed by atoms with Gasteiger partial charge in [0.2, 0.25) is 11.8 Å². The highest BCUT2D eigenvalue weighted by molar-refractivity contribution is 5.99. The van der Waals surface area contributed by atoms with Crippen molar-refractivity contribution >= 4 is 28.3 Å². The smallest absolute Gasteiger partial charge is 0.247 e. The second-order valence-corrected chi connectivity index (χ2v) is 6.77. The number of phenolic OH excluding ortho intramolecular Hbond substituents is 1. The van der Waals surface area contributed by atoms with Crippen LogP contribution >= 0.6 is 0 Å². The summed E-state index contributed by atoms with van der Waals surface area (Å²) in [6.45, 7) is -0.524. The fraction of sp³-hybridized carbons (Fsp3) is 0.182. The molecule has 150 valence electrons. The molecule has 0 bridgehead atoms. The molecule has 3 aromatic carbocycles. The highest BCUT2D eigenvalue weighted by Gasteiger charge is 2.24. The quantitative estimate of drug-likeness (QED) is 0.416. The SMILES string of the molecule is N[C@H](CO)C(=O)N[C@H](Cc1ccc(O)cc1)C(=O)Nc1ccc2ccccc2c1. The third-order valence-electron chi connectivity index (χ3n) is 4.56. The van der Waals surface area contributed by atoms with Crippen LogP contribution in [0.4, 0.5) is 5.69 Å². The lowest BCUT2D eigenvalue weighted by molar-refractivity contribution is -0.127. The first-order valence-corrected chi connectivity index (χ1v) is 9.20. The Hall–Kier alpha value is -3.42. The first-order valence-electron chi connectivity index (χ1n) is 9.20. The van der Waals surface area contributed by atoms with Gasteiger partial charge in [-0.15, -0.1) is 0 Å². The molecule has 0 aliphatic rings. The van der Waals surface area contributed by atoms with Gasteiger partial charge in [0.1, 0.15) is 17.8 Å². The molecule has 0 unspecified atom stereocenters. The van der Waals surface area contributed by atoms with Gasteiger partial charge in [0.15, 0.2) is 0 Å². The van der Waals surface area contributed by atoms with Gasteiger partial charge in [-0.25, -0.2) is 0 Å². The fourth-order valence-electron chi connectivity index (χ4n) is 2.94. The molecular weight excluding hydrogens is 370 g/mol. The maximum atomic E-state index is 12.9. The van der Waals surface area contributed by atoms with Crippen molar-refractivity contribution in [2.45, 2.75) is 18.5 Å². The summed E-state index contributed by atoms with van der Waals surface area (Å²) in [7, 11) is 0. The van der Waals surface area contributed by atoms with Gasteiger partial charge >= 0.3 is 0 Å². The van der Waals surface area contributed by atoms with Crippen molar-refractivity contribution in [2.24, 2.45) is 5.73 Å². The Labute approximate surface area is 168 Å². The zero-order valence-electron chi connectivity index (χ0n) is 15.7. The van der Waals surface area contributed by atoms with Crippen LogP contribution in [-0.2, 0) is 16.0 Å². The second kappa shape index (κ2) is 9.18. The number of aliphatic hydroxyl groups excluding tert-OH is 1. The van der Waals surface area contributed by atoms with Crippen molar-refractivity contribution in [3.05, 3.63) is 72.3 Å². The summed E-state index contributed by atoms with van der Waals surface area (Å²) < 4.78 is 0. The molecule has 0 heterocycles. The zero-order chi connectivity index (χ0) is 20.8. The van der Waals surface area contributed by atoms with Crippen LogP contribution in [0.15, 0.2) is 66.7 Å². The summed E-state index contributed by atoms with van der Waals surface area (Å²) in [5.41, 5.74) is 6.92. The van der Waals surface area contributed by atoms with Crippen molar-refractivity contribution in [2.75, 3.05) is 11.9 Å². The lowest BCUT2D eigenvalue weighted by Crippen LogP contribution is -2.52. The number of rotatable bonds is 7. The summed E-state index contributed by atoms with van der Waals surface area (Å²) in [6.07, 6.45) is 0.198. The van der Waals surface area contributed by atoms with Crippen LogP contribution in [0, 0.1) is 0 Å². The van der Waals surface area contributed by atoms with Crippen LogP contribution in [0.3, 0.4) is 0 Å². The van der Waals surface area contributed by atoms with Gasteiger partial charge in [-0.3, -0.25) is 9.59 Å². The number of aliphatic hydroxyl groups is 1. The van der Waals surface area contributed by atoms with E-state index in [1.807, 2.05) is 36.4 Å². The van der Waals surface area contributed by atoms with E-state index >= 15 is 0 Å². The molecule has 0 spiro atoms. The normalized spacial score (nSPS) is 12.9. The topological polar surface area (TPSA) is 125 Å². The Bertz CT molecular complexity index is 1000. The average molecular weight is 393 g/mol. The molecule has 0 aliphatic carbocycles. The number of anilines is 1. The Morgan fingerprint density at radius 2 is 1.62 bits per heavy atom. The molecule has 0 saturated heterocycles.